The van der Waals surface area contributed by atoms with Gasteiger partial charge in [0.1, 0.15) is 5.82 Å². The summed E-state index contributed by atoms with van der Waals surface area (Å²) < 4.78 is 0. The van der Waals surface area contributed by atoms with Crippen molar-refractivity contribution in [3.05, 3.63) is 45.8 Å². The molecule has 0 bridgehead atoms. The SMILES string of the molecule is Cc1cc(CN)cc(N(Cc2ccsc2)C2CC2)n1. The maximum atomic E-state index is 5.77. The molecule has 0 aromatic carbocycles. The average Bonchev–Trinajstić information content (AvgIpc) is 3.12. The Bertz CT molecular complexity index is 547. The molecule has 0 saturated heterocycles. The molecular formula is C15H19N3S. The van der Waals surface area contributed by atoms with Gasteiger partial charge in [-0.05, 0) is 59.9 Å². The molecule has 0 spiro atoms. The molecule has 100 valence electrons. The van der Waals surface area contributed by atoms with Gasteiger partial charge in [-0.1, -0.05) is 0 Å². The van der Waals surface area contributed by atoms with E-state index in [0.29, 0.717) is 12.6 Å². The lowest BCUT2D eigenvalue weighted by atomic mass is 10.2. The van der Waals surface area contributed by atoms with E-state index in [4.69, 9.17) is 10.7 Å². The first-order valence-corrected chi connectivity index (χ1v) is 7.66. The smallest absolute Gasteiger partial charge is 0.129 e. The Morgan fingerprint density at radius 2 is 2.21 bits per heavy atom. The van der Waals surface area contributed by atoms with Gasteiger partial charge in [0.2, 0.25) is 0 Å². The number of aryl methyl sites for hydroxylation is 1. The van der Waals surface area contributed by atoms with Crippen LogP contribution in [0.25, 0.3) is 0 Å². The Hall–Kier alpha value is -1.39. The summed E-state index contributed by atoms with van der Waals surface area (Å²) in [5.74, 6) is 1.08. The molecule has 2 N–H and O–H groups in total. The molecule has 2 aromatic heterocycles. The number of hydrogen-bond donors (Lipinski definition) is 1. The number of nitrogens with zero attached hydrogens (tertiary/aromatic N) is 2. The third-order valence-corrected chi connectivity index (χ3v) is 4.18. The number of aromatic nitrogens is 1. The van der Waals surface area contributed by atoms with Crippen molar-refractivity contribution in [1.29, 1.82) is 0 Å². The molecule has 0 unspecified atom stereocenters. The Kier molecular flexibility index (Phi) is 3.53. The van der Waals surface area contributed by atoms with Gasteiger partial charge in [0.05, 0.1) is 0 Å². The highest BCUT2D eigenvalue weighted by atomic mass is 32.1. The van der Waals surface area contributed by atoms with Crippen LogP contribution in [0.3, 0.4) is 0 Å². The molecule has 1 aliphatic carbocycles. The highest BCUT2D eigenvalue weighted by Crippen LogP contribution is 2.33. The molecule has 1 aliphatic rings. The van der Waals surface area contributed by atoms with Crippen LogP contribution in [0.1, 0.15) is 29.7 Å². The van der Waals surface area contributed by atoms with Crippen LogP contribution in [0.4, 0.5) is 5.82 Å². The summed E-state index contributed by atoms with van der Waals surface area (Å²) in [4.78, 5) is 7.12. The van der Waals surface area contributed by atoms with Crippen molar-refractivity contribution in [3.63, 3.8) is 0 Å². The molecule has 2 aromatic rings. The van der Waals surface area contributed by atoms with Gasteiger partial charge in [0, 0.05) is 24.8 Å². The maximum absolute atomic E-state index is 5.77. The van der Waals surface area contributed by atoms with Gasteiger partial charge in [-0.2, -0.15) is 11.3 Å². The minimum absolute atomic E-state index is 0.577. The van der Waals surface area contributed by atoms with Crippen LogP contribution >= 0.6 is 11.3 Å². The average molecular weight is 273 g/mol. The van der Waals surface area contributed by atoms with Gasteiger partial charge in [-0.15, -0.1) is 0 Å². The number of hydrogen-bond acceptors (Lipinski definition) is 4. The minimum atomic E-state index is 0.577. The maximum Gasteiger partial charge on any atom is 0.129 e. The second-order valence-electron chi connectivity index (χ2n) is 5.17. The fourth-order valence-corrected chi connectivity index (χ4v) is 3.01. The standard InChI is InChI=1S/C15H19N3S/c1-11-6-13(8-16)7-15(17-11)18(14-2-3-14)9-12-4-5-19-10-12/h4-7,10,14H,2-3,8-9,16H2,1H3. The summed E-state index contributed by atoms with van der Waals surface area (Å²) in [5.41, 5.74) is 9.36. The van der Waals surface area contributed by atoms with E-state index in [-0.39, 0.29) is 0 Å². The quantitative estimate of drug-likeness (QED) is 0.910. The van der Waals surface area contributed by atoms with Crippen molar-refractivity contribution in [2.45, 2.75) is 38.9 Å². The molecule has 3 rings (SSSR count). The van der Waals surface area contributed by atoms with Gasteiger partial charge < -0.3 is 10.6 Å². The summed E-state index contributed by atoms with van der Waals surface area (Å²) in [7, 11) is 0. The lowest BCUT2D eigenvalue weighted by Crippen LogP contribution is -2.26. The fraction of sp³-hybridized carbons (Fsp3) is 0.400. The van der Waals surface area contributed by atoms with E-state index in [1.165, 1.54) is 24.0 Å². The number of thiophene rings is 1. The Morgan fingerprint density at radius 3 is 2.84 bits per heavy atom. The first-order chi connectivity index (χ1) is 9.26. The zero-order chi connectivity index (χ0) is 13.2. The summed E-state index contributed by atoms with van der Waals surface area (Å²) in [6.07, 6.45) is 2.55. The lowest BCUT2D eigenvalue weighted by molar-refractivity contribution is 0.775. The number of rotatable bonds is 5. The normalized spacial score (nSPS) is 14.6. The molecule has 0 amide bonds. The predicted octanol–water partition coefficient (Wildman–Crippen LogP) is 3.08. The van der Waals surface area contributed by atoms with Crippen LogP contribution in [0, 0.1) is 6.92 Å². The van der Waals surface area contributed by atoms with Crippen molar-refractivity contribution in [2.24, 2.45) is 5.73 Å². The topological polar surface area (TPSA) is 42.1 Å². The Labute approximate surface area is 118 Å². The second-order valence-corrected chi connectivity index (χ2v) is 5.95. The third-order valence-electron chi connectivity index (χ3n) is 3.45. The van der Waals surface area contributed by atoms with Gasteiger partial charge in [0.25, 0.3) is 0 Å². The van der Waals surface area contributed by atoms with Crippen LogP contribution in [-0.4, -0.2) is 11.0 Å². The molecule has 0 aliphatic heterocycles. The zero-order valence-corrected chi connectivity index (χ0v) is 12.0. The third kappa shape index (κ3) is 2.96. The molecule has 1 saturated carbocycles. The highest BCUT2D eigenvalue weighted by Gasteiger charge is 2.30. The van der Waals surface area contributed by atoms with Crippen molar-refractivity contribution >= 4 is 17.2 Å². The number of nitrogens with two attached hydrogens (primary N) is 1. The molecule has 0 radical (unpaired) electrons. The minimum Gasteiger partial charge on any atom is -0.349 e. The fourth-order valence-electron chi connectivity index (χ4n) is 2.35. The van der Waals surface area contributed by atoms with E-state index >= 15 is 0 Å². The largest absolute Gasteiger partial charge is 0.349 e. The van der Waals surface area contributed by atoms with E-state index in [2.05, 4.69) is 33.9 Å². The summed E-state index contributed by atoms with van der Waals surface area (Å²) in [5, 5.41) is 4.35. The van der Waals surface area contributed by atoms with E-state index in [0.717, 1.165) is 18.1 Å². The van der Waals surface area contributed by atoms with Crippen molar-refractivity contribution in [2.75, 3.05) is 4.90 Å². The predicted molar refractivity (Wildman–Crippen MR) is 80.4 cm³/mol. The molecule has 1 fully saturated rings. The summed E-state index contributed by atoms with van der Waals surface area (Å²) in [6.45, 7) is 3.57. The first kappa shape index (κ1) is 12.6. The molecule has 3 nitrogen and oxygen atoms in total. The van der Waals surface area contributed by atoms with E-state index in [1.807, 2.05) is 6.92 Å². The van der Waals surface area contributed by atoms with Crippen molar-refractivity contribution in [3.8, 4) is 0 Å². The summed E-state index contributed by atoms with van der Waals surface area (Å²) >= 11 is 1.75. The summed E-state index contributed by atoms with van der Waals surface area (Å²) in [6, 6.07) is 7.05. The van der Waals surface area contributed by atoms with Crippen molar-refractivity contribution < 1.29 is 0 Å². The zero-order valence-electron chi connectivity index (χ0n) is 11.2. The highest BCUT2D eigenvalue weighted by molar-refractivity contribution is 7.07. The molecule has 0 atom stereocenters. The Balaban J connectivity index is 1.89. The van der Waals surface area contributed by atoms with Gasteiger partial charge >= 0.3 is 0 Å². The lowest BCUT2D eigenvalue weighted by Gasteiger charge is -2.24. The van der Waals surface area contributed by atoms with Crippen LogP contribution in [0.15, 0.2) is 29.0 Å². The number of pyridine rings is 1. The van der Waals surface area contributed by atoms with Crippen molar-refractivity contribution in [1.82, 2.24) is 4.98 Å². The first-order valence-electron chi connectivity index (χ1n) is 6.71. The van der Waals surface area contributed by atoms with Gasteiger partial charge in [0.15, 0.2) is 0 Å². The molecule has 19 heavy (non-hydrogen) atoms. The van der Waals surface area contributed by atoms with Gasteiger partial charge in [-0.3, -0.25) is 0 Å². The molecule has 2 heterocycles. The van der Waals surface area contributed by atoms with E-state index in [1.54, 1.807) is 11.3 Å². The second kappa shape index (κ2) is 5.31. The van der Waals surface area contributed by atoms with E-state index < -0.39 is 0 Å². The molecular weight excluding hydrogens is 254 g/mol. The van der Waals surface area contributed by atoms with Crippen LogP contribution < -0.4 is 10.6 Å². The monoisotopic (exact) mass is 273 g/mol. The van der Waals surface area contributed by atoms with Crippen LogP contribution in [0.5, 0.6) is 0 Å². The Morgan fingerprint density at radius 1 is 1.37 bits per heavy atom. The number of anilines is 1. The molecule has 4 heteroatoms. The van der Waals surface area contributed by atoms with E-state index in [9.17, 15) is 0 Å². The van der Waals surface area contributed by atoms with Gasteiger partial charge in [-0.25, -0.2) is 4.98 Å². The van der Waals surface area contributed by atoms with Crippen LogP contribution in [-0.2, 0) is 13.1 Å². The van der Waals surface area contributed by atoms with Crippen LogP contribution in [0.2, 0.25) is 0 Å².